The van der Waals surface area contributed by atoms with Gasteiger partial charge < -0.3 is 11.1 Å². The van der Waals surface area contributed by atoms with E-state index >= 15 is 0 Å². The molecular formula is C13H18FN3. The maximum Gasteiger partial charge on any atom is 0.189 e. The minimum Gasteiger partial charge on any atom is -0.370 e. The Morgan fingerprint density at radius 3 is 2.65 bits per heavy atom. The first kappa shape index (κ1) is 11.9. The van der Waals surface area contributed by atoms with Gasteiger partial charge in [0.1, 0.15) is 5.82 Å². The number of nitrogens with one attached hydrogen (secondary N) is 1. The Hall–Kier alpha value is -1.58. The summed E-state index contributed by atoms with van der Waals surface area (Å²) in [5, 5.41) is 3.06. The largest absolute Gasteiger partial charge is 0.370 e. The molecule has 1 fully saturated rings. The maximum absolute atomic E-state index is 12.8. The van der Waals surface area contributed by atoms with E-state index in [1.54, 1.807) is 0 Å². The molecule has 0 aliphatic heterocycles. The average molecular weight is 235 g/mol. The third-order valence-electron chi connectivity index (χ3n) is 2.80. The lowest BCUT2D eigenvalue weighted by Gasteiger charge is -2.08. The predicted octanol–water partition coefficient (Wildman–Crippen LogP) is 1.99. The number of hydrogen-bond donors (Lipinski definition) is 2. The number of benzene rings is 1. The number of hydrogen-bond acceptors (Lipinski definition) is 1. The van der Waals surface area contributed by atoms with Crippen molar-refractivity contribution in [1.29, 1.82) is 0 Å². The second kappa shape index (κ2) is 4.73. The molecule has 1 aliphatic carbocycles. The van der Waals surface area contributed by atoms with Crippen LogP contribution in [-0.4, -0.2) is 18.0 Å². The Balaban J connectivity index is 1.94. The summed E-state index contributed by atoms with van der Waals surface area (Å²) < 4.78 is 12.8. The summed E-state index contributed by atoms with van der Waals surface area (Å²) in [7, 11) is 0. The molecule has 0 heterocycles. The molecule has 0 bridgehead atoms. The van der Waals surface area contributed by atoms with Gasteiger partial charge >= 0.3 is 0 Å². The Kier molecular flexibility index (Phi) is 3.31. The third-order valence-corrected chi connectivity index (χ3v) is 2.80. The number of guanidine groups is 1. The van der Waals surface area contributed by atoms with Crippen LogP contribution < -0.4 is 11.1 Å². The van der Waals surface area contributed by atoms with Crippen molar-refractivity contribution < 1.29 is 4.39 Å². The van der Waals surface area contributed by atoms with Gasteiger partial charge in [0.15, 0.2) is 5.96 Å². The number of halogens is 1. The van der Waals surface area contributed by atoms with E-state index in [1.165, 1.54) is 12.1 Å². The van der Waals surface area contributed by atoms with E-state index in [0.717, 1.165) is 12.0 Å². The molecular weight excluding hydrogens is 217 g/mol. The molecule has 1 aliphatic rings. The Bertz CT molecular complexity index is 411. The van der Waals surface area contributed by atoms with Gasteiger partial charge in [-0.25, -0.2) is 9.38 Å². The quantitative estimate of drug-likeness (QED) is 0.622. The highest BCUT2D eigenvalue weighted by molar-refractivity contribution is 5.78. The zero-order valence-corrected chi connectivity index (χ0v) is 10.2. The van der Waals surface area contributed by atoms with Crippen molar-refractivity contribution in [2.45, 2.75) is 38.3 Å². The number of aliphatic imine (C=N–C) groups is 1. The van der Waals surface area contributed by atoms with Crippen molar-refractivity contribution in [3.05, 3.63) is 35.6 Å². The molecule has 0 unspecified atom stereocenters. The van der Waals surface area contributed by atoms with Gasteiger partial charge in [0.05, 0.1) is 6.04 Å². The second-order valence-electron chi connectivity index (χ2n) is 4.77. The minimum absolute atomic E-state index is 0.199. The van der Waals surface area contributed by atoms with Gasteiger partial charge in [0, 0.05) is 12.0 Å². The first-order chi connectivity index (χ1) is 8.06. The second-order valence-corrected chi connectivity index (χ2v) is 4.77. The van der Waals surface area contributed by atoms with Crippen molar-refractivity contribution >= 4 is 5.96 Å². The van der Waals surface area contributed by atoms with Gasteiger partial charge in [-0.3, -0.25) is 0 Å². The van der Waals surface area contributed by atoms with Crippen molar-refractivity contribution in [3.63, 3.8) is 0 Å². The fourth-order valence-corrected chi connectivity index (χ4v) is 1.90. The number of rotatable bonds is 3. The van der Waals surface area contributed by atoms with E-state index in [-0.39, 0.29) is 11.9 Å². The lowest BCUT2D eigenvalue weighted by molar-refractivity contribution is 0.627. The molecule has 1 aromatic carbocycles. The van der Waals surface area contributed by atoms with E-state index in [1.807, 2.05) is 26.0 Å². The predicted molar refractivity (Wildman–Crippen MR) is 67.4 cm³/mol. The summed E-state index contributed by atoms with van der Waals surface area (Å²) in [6.07, 6.45) is 0.992. The molecule has 92 valence electrons. The molecule has 0 radical (unpaired) electrons. The normalized spacial score (nSPS) is 23.9. The first-order valence-corrected chi connectivity index (χ1v) is 5.91. The Labute approximate surface area is 101 Å². The monoisotopic (exact) mass is 235 g/mol. The lowest BCUT2D eigenvalue weighted by Crippen LogP contribution is -2.37. The fourth-order valence-electron chi connectivity index (χ4n) is 1.90. The van der Waals surface area contributed by atoms with Crippen LogP contribution in [0.5, 0.6) is 0 Å². The summed E-state index contributed by atoms with van der Waals surface area (Å²) in [6.45, 7) is 4.04. The van der Waals surface area contributed by atoms with Crippen LogP contribution in [0, 0.1) is 5.82 Å². The van der Waals surface area contributed by atoms with Crippen LogP contribution in [0.3, 0.4) is 0 Å². The van der Waals surface area contributed by atoms with Gasteiger partial charge in [-0.1, -0.05) is 12.1 Å². The molecule has 0 amide bonds. The minimum atomic E-state index is -0.199. The van der Waals surface area contributed by atoms with Crippen LogP contribution in [0.25, 0.3) is 0 Å². The summed E-state index contributed by atoms with van der Waals surface area (Å²) in [5.41, 5.74) is 6.90. The molecule has 0 saturated heterocycles. The van der Waals surface area contributed by atoms with Crippen molar-refractivity contribution in [2.24, 2.45) is 10.7 Å². The molecule has 1 saturated carbocycles. The molecule has 17 heavy (non-hydrogen) atoms. The van der Waals surface area contributed by atoms with Crippen molar-refractivity contribution in [3.8, 4) is 0 Å². The van der Waals surface area contributed by atoms with E-state index in [4.69, 9.17) is 5.73 Å². The van der Waals surface area contributed by atoms with Crippen molar-refractivity contribution in [1.82, 2.24) is 5.32 Å². The van der Waals surface area contributed by atoms with Crippen LogP contribution >= 0.6 is 0 Å². The third kappa shape index (κ3) is 3.19. The van der Waals surface area contributed by atoms with E-state index in [9.17, 15) is 4.39 Å². The Morgan fingerprint density at radius 1 is 1.41 bits per heavy atom. The molecule has 2 atom stereocenters. The maximum atomic E-state index is 12.8. The van der Waals surface area contributed by atoms with Crippen LogP contribution in [0.2, 0.25) is 0 Å². The van der Waals surface area contributed by atoms with Gasteiger partial charge in [0.2, 0.25) is 0 Å². The molecule has 1 aromatic rings. The lowest BCUT2D eigenvalue weighted by atomic mass is 10.1. The molecule has 2 rings (SSSR count). The smallest absolute Gasteiger partial charge is 0.189 e. The van der Waals surface area contributed by atoms with E-state index < -0.39 is 0 Å². The topological polar surface area (TPSA) is 50.4 Å². The molecule has 4 heteroatoms. The highest BCUT2D eigenvalue weighted by atomic mass is 19.1. The highest BCUT2D eigenvalue weighted by Crippen LogP contribution is 2.43. The van der Waals surface area contributed by atoms with E-state index in [2.05, 4.69) is 10.3 Å². The highest BCUT2D eigenvalue weighted by Gasteiger charge is 2.38. The molecule has 3 nitrogen and oxygen atoms in total. The van der Waals surface area contributed by atoms with Crippen LogP contribution in [0.15, 0.2) is 29.3 Å². The molecule has 3 N–H and O–H groups in total. The van der Waals surface area contributed by atoms with Crippen LogP contribution in [0.1, 0.15) is 31.7 Å². The zero-order chi connectivity index (χ0) is 12.4. The van der Waals surface area contributed by atoms with Gasteiger partial charge in [-0.05, 0) is 38.0 Å². The fraction of sp³-hybridized carbons (Fsp3) is 0.462. The van der Waals surface area contributed by atoms with E-state index in [0.29, 0.717) is 17.9 Å². The summed E-state index contributed by atoms with van der Waals surface area (Å²) in [5.74, 6) is 0.688. The SMILES string of the molecule is CC(C)NC(N)=N[C@@H]1C[C@H]1c1ccc(F)cc1. The van der Waals surface area contributed by atoms with Gasteiger partial charge in [-0.15, -0.1) is 0 Å². The first-order valence-electron chi connectivity index (χ1n) is 5.91. The van der Waals surface area contributed by atoms with Crippen LogP contribution in [-0.2, 0) is 0 Å². The van der Waals surface area contributed by atoms with Gasteiger partial charge in [0.25, 0.3) is 0 Å². The van der Waals surface area contributed by atoms with Gasteiger partial charge in [-0.2, -0.15) is 0 Å². The summed E-state index contributed by atoms with van der Waals surface area (Å²) >= 11 is 0. The summed E-state index contributed by atoms with van der Waals surface area (Å²) in [4.78, 5) is 4.40. The number of nitrogens with two attached hydrogens (primary N) is 1. The van der Waals surface area contributed by atoms with Crippen LogP contribution in [0.4, 0.5) is 4.39 Å². The average Bonchev–Trinajstić information content (AvgIpc) is 2.96. The zero-order valence-electron chi connectivity index (χ0n) is 10.2. The molecule has 0 spiro atoms. The summed E-state index contributed by atoms with van der Waals surface area (Å²) in [6, 6.07) is 7.16. The number of nitrogens with zero attached hydrogens (tertiary/aromatic N) is 1. The Morgan fingerprint density at radius 2 is 2.06 bits per heavy atom. The standard InChI is InChI=1S/C13H18FN3/c1-8(2)16-13(15)17-12-7-11(12)9-3-5-10(14)6-4-9/h3-6,8,11-12H,7H2,1-2H3,(H3,15,16,17)/t11-,12+/m0/s1. The van der Waals surface area contributed by atoms with Crippen molar-refractivity contribution in [2.75, 3.05) is 0 Å². The molecule has 0 aromatic heterocycles.